The molecule has 4 heteroatoms. The van der Waals surface area contributed by atoms with Crippen LogP contribution in [0.5, 0.6) is 5.75 Å². The molecule has 0 saturated carbocycles. The number of carbonyl (C=O) groups excluding carboxylic acids is 1. The number of benzene rings is 1. The first-order valence-corrected chi connectivity index (χ1v) is 5.40. The highest BCUT2D eigenvalue weighted by Crippen LogP contribution is 2.40. The van der Waals surface area contributed by atoms with Gasteiger partial charge in [-0.3, -0.25) is 4.79 Å². The number of fused-ring (bicyclic) bond motifs is 1. The molecule has 0 spiro atoms. The van der Waals surface area contributed by atoms with Gasteiger partial charge in [-0.25, -0.2) is 0 Å². The van der Waals surface area contributed by atoms with E-state index in [1.807, 2.05) is 0 Å². The molecule has 1 aromatic carbocycles. The molecule has 2 nitrogen and oxygen atoms in total. The number of carbonyl (C=O) groups is 1. The van der Waals surface area contributed by atoms with E-state index in [0.717, 1.165) is 16.5 Å². The molecule has 0 atom stereocenters. The summed E-state index contributed by atoms with van der Waals surface area (Å²) in [5.74, 6) is 0.747. The third-order valence-corrected chi connectivity index (χ3v) is 3.51. The van der Waals surface area contributed by atoms with Gasteiger partial charge in [-0.05, 0) is 27.9 Å². The Kier molecular flexibility index (Phi) is 2.54. The van der Waals surface area contributed by atoms with Crippen LogP contribution in [-0.2, 0) is 6.42 Å². The van der Waals surface area contributed by atoms with E-state index in [-0.39, 0.29) is 5.78 Å². The van der Waals surface area contributed by atoms with Crippen LogP contribution in [0.4, 0.5) is 0 Å². The summed E-state index contributed by atoms with van der Waals surface area (Å²) in [4.78, 5) is 11.6. The van der Waals surface area contributed by atoms with E-state index in [2.05, 4.69) is 15.9 Å². The Morgan fingerprint density at radius 1 is 1.50 bits per heavy atom. The summed E-state index contributed by atoms with van der Waals surface area (Å²) in [5.41, 5.74) is 1.62. The molecule has 2 rings (SSSR count). The van der Waals surface area contributed by atoms with Crippen molar-refractivity contribution in [2.45, 2.75) is 12.8 Å². The van der Waals surface area contributed by atoms with Crippen molar-refractivity contribution in [3.63, 3.8) is 0 Å². The van der Waals surface area contributed by atoms with Crippen LogP contribution in [0.3, 0.4) is 0 Å². The summed E-state index contributed by atoms with van der Waals surface area (Å²) >= 11 is 9.40. The summed E-state index contributed by atoms with van der Waals surface area (Å²) in [6.07, 6.45) is 1.27. The van der Waals surface area contributed by atoms with Crippen molar-refractivity contribution in [1.82, 2.24) is 0 Å². The van der Waals surface area contributed by atoms with E-state index in [0.29, 0.717) is 22.8 Å². The first-order chi connectivity index (χ1) is 6.65. The number of ether oxygens (including phenoxy) is 1. The van der Waals surface area contributed by atoms with Gasteiger partial charge in [-0.15, -0.1) is 0 Å². The quantitative estimate of drug-likeness (QED) is 0.786. The Hall–Kier alpha value is -0.540. The Morgan fingerprint density at radius 3 is 2.86 bits per heavy atom. The zero-order valence-corrected chi connectivity index (χ0v) is 9.91. The van der Waals surface area contributed by atoms with Crippen LogP contribution in [0.1, 0.15) is 22.3 Å². The number of hydrogen-bond donors (Lipinski definition) is 0. The molecule has 0 aliphatic heterocycles. The van der Waals surface area contributed by atoms with Crippen molar-refractivity contribution < 1.29 is 9.53 Å². The minimum absolute atomic E-state index is 0.132. The third-order valence-electron chi connectivity index (χ3n) is 2.38. The first kappa shape index (κ1) is 9.99. The van der Waals surface area contributed by atoms with Crippen LogP contribution in [0, 0.1) is 0 Å². The second-order valence-corrected chi connectivity index (χ2v) is 4.35. The monoisotopic (exact) mass is 274 g/mol. The van der Waals surface area contributed by atoms with Crippen LogP contribution in [0.15, 0.2) is 10.5 Å². The maximum absolute atomic E-state index is 11.6. The minimum Gasteiger partial charge on any atom is -0.495 e. The zero-order chi connectivity index (χ0) is 10.3. The average molecular weight is 276 g/mol. The fourth-order valence-corrected chi connectivity index (χ4v) is 2.71. The van der Waals surface area contributed by atoms with Gasteiger partial charge in [-0.2, -0.15) is 0 Å². The summed E-state index contributed by atoms with van der Waals surface area (Å²) < 4.78 is 5.84. The number of ketones is 1. The molecule has 1 aliphatic carbocycles. The van der Waals surface area contributed by atoms with E-state index in [1.165, 1.54) is 0 Å². The molecule has 0 unspecified atom stereocenters. The molecule has 14 heavy (non-hydrogen) atoms. The third kappa shape index (κ3) is 1.35. The van der Waals surface area contributed by atoms with Crippen molar-refractivity contribution in [2.75, 3.05) is 7.11 Å². The summed E-state index contributed by atoms with van der Waals surface area (Å²) in [5, 5.41) is 0.617. The van der Waals surface area contributed by atoms with Crippen LogP contribution in [-0.4, -0.2) is 12.9 Å². The number of hydrogen-bond acceptors (Lipinski definition) is 2. The van der Waals surface area contributed by atoms with E-state index < -0.39 is 0 Å². The summed E-state index contributed by atoms with van der Waals surface area (Å²) in [6.45, 7) is 0. The molecular weight excluding hydrogens is 267 g/mol. The Balaban J connectivity index is 2.71. The standard InChI is InChI=1S/C10H8BrClO2/c1-14-8-4-6(12)5-2-3-7(13)9(5)10(8)11/h4H,2-3H2,1H3. The van der Waals surface area contributed by atoms with E-state index >= 15 is 0 Å². The van der Waals surface area contributed by atoms with Gasteiger partial charge in [0, 0.05) is 23.1 Å². The van der Waals surface area contributed by atoms with E-state index in [4.69, 9.17) is 16.3 Å². The molecule has 0 saturated heterocycles. The van der Waals surface area contributed by atoms with Crippen molar-refractivity contribution in [3.05, 3.63) is 26.7 Å². The normalized spacial score (nSPS) is 14.4. The highest BCUT2D eigenvalue weighted by atomic mass is 79.9. The Morgan fingerprint density at radius 2 is 2.21 bits per heavy atom. The van der Waals surface area contributed by atoms with Crippen LogP contribution < -0.4 is 4.74 Å². The number of rotatable bonds is 1. The van der Waals surface area contributed by atoms with Gasteiger partial charge in [0.15, 0.2) is 5.78 Å². The largest absolute Gasteiger partial charge is 0.495 e. The number of Topliss-reactive ketones (excluding diaryl/α,β-unsaturated/α-hetero) is 1. The molecule has 0 heterocycles. The second kappa shape index (κ2) is 3.55. The molecule has 74 valence electrons. The van der Waals surface area contributed by atoms with Gasteiger partial charge in [-0.1, -0.05) is 11.6 Å². The molecule has 0 aromatic heterocycles. The molecule has 0 bridgehead atoms. The highest BCUT2D eigenvalue weighted by molar-refractivity contribution is 9.10. The molecule has 0 radical (unpaired) electrons. The van der Waals surface area contributed by atoms with E-state index in [9.17, 15) is 4.79 Å². The lowest BCUT2D eigenvalue weighted by molar-refractivity contribution is 0.0993. The van der Waals surface area contributed by atoms with Crippen LogP contribution in [0.25, 0.3) is 0 Å². The van der Waals surface area contributed by atoms with Crippen molar-refractivity contribution in [3.8, 4) is 5.75 Å². The first-order valence-electron chi connectivity index (χ1n) is 4.23. The topological polar surface area (TPSA) is 26.3 Å². The van der Waals surface area contributed by atoms with Gasteiger partial charge in [0.1, 0.15) is 5.75 Å². The second-order valence-electron chi connectivity index (χ2n) is 3.15. The smallest absolute Gasteiger partial charge is 0.164 e. The maximum Gasteiger partial charge on any atom is 0.164 e. The average Bonchev–Trinajstić information content (AvgIpc) is 2.54. The van der Waals surface area contributed by atoms with Gasteiger partial charge < -0.3 is 4.74 Å². The van der Waals surface area contributed by atoms with Gasteiger partial charge in [0.2, 0.25) is 0 Å². The molecule has 0 fully saturated rings. The van der Waals surface area contributed by atoms with Crippen LogP contribution in [0.2, 0.25) is 5.02 Å². The lowest BCUT2D eigenvalue weighted by Crippen LogP contribution is -1.96. The molecular formula is C10H8BrClO2. The molecule has 0 N–H and O–H groups in total. The predicted octanol–water partition coefficient (Wildman–Crippen LogP) is 3.24. The van der Waals surface area contributed by atoms with Crippen molar-refractivity contribution >= 4 is 33.3 Å². The SMILES string of the molecule is COc1cc(Cl)c2c(c1Br)C(=O)CC2. The molecule has 0 amide bonds. The van der Waals surface area contributed by atoms with Crippen LogP contribution >= 0.6 is 27.5 Å². The molecule has 1 aliphatic rings. The Labute approximate surface area is 95.3 Å². The lowest BCUT2D eigenvalue weighted by atomic mass is 10.1. The van der Waals surface area contributed by atoms with Crippen molar-refractivity contribution in [1.29, 1.82) is 0 Å². The summed E-state index contributed by atoms with van der Waals surface area (Å²) in [7, 11) is 1.56. The minimum atomic E-state index is 0.132. The Bertz CT molecular complexity index is 415. The van der Waals surface area contributed by atoms with E-state index in [1.54, 1.807) is 13.2 Å². The highest BCUT2D eigenvalue weighted by Gasteiger charge is 2.26. The fraction of sp³-hybridized carbons (Fsp3) is 0.300. The molecule has 1 aromatic rings. The van der Waals surface area contributed by atoms with Gasteiger partial charge in [0.05, 0.1) is 11.6 Å². The number of methoxy groups -OCH3 is 1. The fourth-order valence-electron chi connectivity index (χ4n) is 1.69. The summed E-state index contributed by atoms with van der Waals surface area (Å²) in [6, 6.07) is 1.74. The predicted molar refractivity (Wildman–Crippen MR) is 58.4 cm³/mol. The van der Waals surface area contributed by atoms with Gasteiger partial charge >= 0.3 is 0 Å². The van der Waals surface area contributed by atoms with Crippen molar-refractivity contribution in [2.24, 2.45) is 0 Å². The number of halogens is 2. The lowest BCUT2D eigenvalue weighted by Gasteiger charge is -2.09. The maximum atomic E-state index is 11.6. The zero-order valence-electron chi connectivity index (χ0n) is 7.56. The van der Waals surface area contributed by atoms with Gasteiger partial charge in [0.25, 0.3) is 0 Å².